The van der Waals surface area contributed by atoms with Crippen LogP contribution in [0, 0.1) is 10.5 Å². The lowest BCUT2D eigenvalue weighted by molar-refractivity contribution is 0.101. The predicted octanol–water partition coefficient (Wildman–Crippen LogP) is 3.46. The molecule has 0 amide bonds. The van der Waals surface area contributed by atoms with E-state index >= 15 is 0 Å². The fraction of sp³-hybridized carbons (Fsp3) is 0.250. The number of allylic oxidation sites excluding steroid dienone is 1. The van der Waals surface area contributed by atoms with E-state index in [2.05, 4.69) is 78.2 Å². The molecule has 0 N–H and O–H groups in total. The molecule has 0 spiro atoms. The molecule has 0 saturated carbocycles. The average Bonchev–Trinajstić information content (AvgIpc) is 2.91. The highest BCUT2D eigenvalue weighted by Crippen LogP contribution is 2.23. The van der Waals surface area contributed by atoms with Crippen molar-refractivity contribution < 1.29 is 4.79 Å². The van der Waals surface area contributed by atoms with E-state index in [9.17, 15) is 4.79 Å². The van der Waals surface area contributed by atoms with Crippen molar-refractivity contribution in [3.63, 3.8) is 0 Å². The summed E-state index contributed by atoms with van der Waals surface area (Å²) in [5, 5.41) is 14.5. The van der Waals surface area contributed by atoms with Crippen LogP contribution in [0.1, 0.15) is 28.7 Å². The predicted molar refractivity (Wildman–Crippen MR) is 105 cm³/mol. The standard InChI is InChI=1S/C16H15BrIN5O/c1-10-16(11(2)24)20-21-23(10)15-7-19-22(9-14(15)17)8-12-3-5-13(18)6-4-12/h3-7H,8-9H2,1-2H3. The van der Waals surface area contributed by atoms with E-state index in [1.54, 1.807) is 10.9 Å². The first-order chi connectivity index (χ1) is 11.5. The lowest BCUT2D eigenvalue weighted by Crippen LogP contribution is -2.24. The Morgan fingerprint density at radius 3 is 2.62 bits per heavy atom. The summed E-state index contributed by atoms with van der Waals surface area (Å²) in [6, 6.07) is 8.38. The Morgan fingerprint density at radius 2 is 2.04 bits per heavy atom. The highest BCUT2D eigenvalue weighted by atomic mass is 127. The zero-order valence-corrected chi connectivity index (χ0v) is 16.9. The molecule has 0 saturated heterocycles. The first-order valence-corrected chi connectivity index (χ1v) is 9.18. The molecule has 8 heteroatoms. The van der Waals surface area contributed by atoms with Crippen molar-refractivity contribution in [1.82, 2.24) is 20.0 Å². The summed E-state index contributed by atoms with van der Waals surface area (Å²) in [5.41, 5.74) is 3.10. The van der Waals surface area contributed by atoms with Gasteiger partial charge >= 0.3 is 0 Å². The fourth-order valence-corrected chi connectivity index (χ4v) is 3.36. The Morgan fingerprint density at radius 1 is 1.33 bits per heavy atom. The molecule has 3 rings (SSSR count). The van der Waals surface area contributed by atoms with Gasteiger partial charge in [-0.05, 0) is 47.2 Å². The van der Waals surface area contributed by atoms with Crippen molar-refractivity contribution in [1.29, 1.82) is 0 Å². The van der Waals surface area contributed by atoms with Crippen LogP contribution in [0.4, 0.5) is 0 Å². The molecule has 0 radical (unpaired) electrons. The third-order valence-electron chi connectivity index (χ3n) is 3.68. The van der Waals surface area contributed by atoms with Crippen LogP contribution in [-0.2, 0) is 6.54 Å². The zero-order chi connectivity index (χ0) is 17.3. The second-order valence-corrected chi connectivity index (χ2v) is 7.68. The topological polar surface area (TPSA) is 63.4 Å². The average molecular weight is 500 g/mol. The SMILES string of the molecule is CC(=O)c1nnn(C2=C(Br)CN(Cc3ccc(I)cc3)N=C2)c1C. The molecule has 6 nitrogen and oxygen atoms in total. The lowest BCUT2D eigenvalue weighted by atomic mass is 10.2. The van der Waals surface area contributed by atoms with Gasteiger partial charge in [0.05, 0.1) is 30.7 Å². The van der Waals surface area contributed by atoms with Gasteiger partial charge in [0, 0.05) is 15.0 Å². The number of ketones is 1. The van der Waals surface area contributed by atoms with Crippen LogP contribution in [0.3, 0.4) is 0 Å². The molecular formula is C16H15BrIN5O. The van der Waals surface area contributed by atoms with Crippen LogP contribution >= 0.6 is 38.5 Å². The smallest absolute Gasteiger partial charge is 0.181 e. The molecule has 2 aromatic rings. The first kappa shape index (κ1) is 17.3. The highest BCUT2D eigenvalue weighted by molar-refractivity contribution is 14.1. The van der Waals surface area contributed by atoms with Gasteiger partial charge in [-0.3, -0.25) is 9.80 Å². The number of aromatic nitrogens is 3. The van der Waals surface area contributed by atoms with Gasteiger partial charge in [-0.2, -0.15) is 5.10 Å². The molecule has 2 heterocycles. The van der Waals surface area contributed by atoms with Gasteiger partial charge in [0.1, 0.15) is 0 Å². The maximum Gasteiger partial charge on any atom is 0.181 e. The van der Waals surface area contributed by atoms with Crippen LogP contribution in [0.15, 0.2) is 33.8 Å². The third kappa shape index (κ3) is 3.59. The van der Waals surface area contributed by atoms with Gasteiger partial charge in [0.25, 0.3) is 0 Å². The molecule has 1 aliphatic rings. The Bertz CT molecular complexity index is 841. The first-order valence-electron chi connectivity index (χ1n) is 7.31. The number of rotatable bonds is 4. The van der Waals surface area contributed by atoms with E-state index in [1.807, 2.05) is 11.9 Å². The van der Waals surface area contributed by atoms with Crippen LogP contribution in [-0.4, -0.2) is 38.5 Å². The minimum atomic E-state index is -0.0939. The summed E-state index contributed by atoms with van der Waals surface area (Å²) in [7, 11) is 0. The number of halogens is 2. The summed E-state index contributed by atoms with van der Waals surface area (Å²) >= 11 is 5.90. The summed E-state index contributed by atoms with van der Waals surface area (Å²) in [6.07, 6.45) is 1.74. The number of Topliss-reactive ketones (excluding diaryl/α,β-unsaturated/α-hetero) is 1. The number of carbonyl (C=O) groups excluding carboxylic acids is 1. The van der Waals surface area contributed by atoms with Crippen LogP contribution in [0.25, 0.3) is 5.70 Å². The number of nitrogens with zero attached hydrogens (tertiary/aromatic N) is 5. The van der Waals surface area contributed by atoms with Crippen LogP contribution in [0.2, 0.25) is 0 Å². The van der Waals surface area contributed by atoms with E-state index in [4.69, 9.17) is 0 Å². The Kier molecular flexibility index (Phi) is 5.14. The van der Waals surface area contributed by atoms with Gasteiger partial charge in [-0.15, -0.1) is 5.10 Å². The van der Waals surface area contributed by atoms with Gasteiger partial charge in [-0.1, -0.05) is 33.3 Å². The highest BCUT2D eigenvalue weighted by Gasteiger charge is 2.20. The normalized spacial score (nSPS) is 14.4. The molecule has 0 aliphatic carbocycles. The van der Waals surface area contributed by atoms with Crippen molar-refractivity contribution in [3.8, 4) is 0 Å². The maximum absolute atomic E-state index is 11.5. The van der Waals surface area contributed by atoms with Gasteiger partial charge in [0.15, 0.2) is 11.5 Å². The number of hydrazone groups is 1. The van der Waals surface area contributed by atoms with Crippen molar-refractivity contribution in [3.05, 3.63) is 49.3 Å². The van der Waals surface area contributed by atoms with Crippen molar-refractivity contribution in [2.45, 2.75) is 20.4 Å². The zero-order valence-electron chi connectivity index (χ0n) is 13.2. The second kappa shape index (κ2) is 7.14. The number of benzene rings is 1. The van der Waals surface area contributed by atoms with Crippen molar-refractivity contribution >= 4 is 56.2 Å². The Balaban J connectivity index is 1.78. The summed E-state index contributed by atoms with van der Waals surface area (Å²) in [6.45, 7) is 4.68. The summed E-state index contributed by atoms with van der Waals surface area (Å²) < 4.78 is 3.81. The van der Waals surface area contributed by atoms with Gasteiger partial charge in [-0.25, -0.2) is 4.68 Å². The molecule has 124 valence electrons. The Labute approximate surface area is 161 Å². The second-order valence-electron chi connectivity index (χ2n) is 5.48. The minimum Gasteiger partial charge on any atom is -0.293 e. The number of hydrogen-bond donors (Lipinski definition) is 0. The van der Waals surface area contributed by atoms with Gasteiger partial charge in [0.2, 0.25) is 0 Å². The lowest BCUT2D eigenvalue weighted by Gasteiger charge is -2.24. The quantitative estimate of drug-likeness (QED) is 0.477. The molecule has 1 aromatic heterocycles. The van der Waals surface area contributed by atoms with Crippen molar-refractivity contribution in [2.24, 2.45) is 5.10 Å². The van der Waals surface area contributed by atoms with Crippen molar-refractivity contribution in [2.75, 3.05) is 6.54 Å². The summed E-state index contributed by atoms with van der Waals surface area (Å²) in [5.74, 6) is -0.0939. The third-order valence-corrected chi connectivity index (χ3v) is 5.05. The molecule has 1 aromatic carbocycles. The number of carbonyl (C=O) groups is 1. The molecule has 0 bridgehead atoms. The monoisotopic (exact) mass is 499 g/mol. The molecular weight excluding hydrogens is 485 g/mol. The molecule has 0 unspecified atom stereocenters. The van der Waals surface area contributed by atoms with E-state index in [0.29, 0.717) is 17.9 Å². The van der Waals surface area contributed by atoms with E-state index in [1.165, 1.54) is 16.1 Å². The summed E-state index contributed by atoms with van der Waals surface area (Å²) in [4.78, 5) is 11.5. The Hall–Kier alpha value is -1.55. The van der Waals surface area contributed by atoms with E-state index < -0.39 is 0 Å². The minimum absolute atomic E-state index is 0.0939. The fourth-order valence-electron chi connectivity index (χ4n) is 2.44. The van der Waals surface area contributed by atoms with Crippen LogP contribution < -0.4 is 0 Å². The molecule has 0 fully saturated rings. The largest absolute Gasteiger partial charge is 0.293 e. The van der Waals surface area contributed by atoms with E-state index in [0.717, 1.165) is 16.7 Å². The molecule has 0 atom stereocenters. The van der Waals surface area contributed by atoms with Crippen LogP contribution in [0.5, 0.6) is 0 Å². The number of hydrogen-bond acceptors (Lipinski definition) is 5. The van der Waals surface area contributed by atoms with Gasteiger partial charge < -0.3 is 0 Å². The molecule has 1 aliphatic heterocycles. The molecule has 24 heavy (non-hydrogen) atoms. The van der Waals surface area contributed by atoms with E-state index in [-0.39, 0.29) is 5.78 Å². The maximum atomic E-state index is 11.5.